The molecule has 1 saturated heterocycles. The second kappa shape index (κ2) is 5.57. The van der Waals surface area contributed by atoms with Crippen LogP contribution < -0.4 is 15.5 Å². The van der Waals surface area contributed by atoms with Gasteiger partial charge in [-0.15, -0.1) is 0 Å². The van der Waals surface area contributed by atoms with Gasteiger partial charge in [0, 0.05) is 26.7 Å². The summed E-state index contributed by atoms with van der Waals surface area (Å²) in [5.41, 5.74) is -0.171. The van der Waals surface area contributed by atoms with E-state index in [1.54, 1.807) is 11.9 Å². The van der Waals surface area contributed by atoms with Gasteiger partial charge in [0.2, 0.25) is 11.9 Å². The van der Waals surface area contributed by atoms with Crippen LogP contribution in [-0.4, -0.2) is 53.5 Å². The van der Waals surface area contributed by atoms with Crippen molar-refractivity contribution in [1.29, 1.82) is 0 Å². The topological polar surface area (TPSA) is 113 Å². The van der Waals surface area contributed by atoms with Gasteiger partial charge in [0.05, 0.1) is 4.92 Å². The first kappa shape index (κ1) is 13.1. The Kier molecular flexibility index (Phi) is 3.85. The van der Waals surface area contributed by atoms with Crippen LogP contribution in [0.4, 0.5) is 11.6 Å². The number of carbonyl (C=O) groups is 1. The highest BCUT2D eigenvalue weighted by molar-refractivity contribution is 5.85. The predicted octanol–water partition coefficient (Wildman–Crippen LogP) is -1.09. The van der Waals surface area contributed by atoms with Crippen molar-refractivity contribution in [3.05, 3.63) is 22.5 Å². The first-order valence-electron chi connectivity index (χ1n) is 5.79. The fraction of sp³-hybridized carbons (Fsp3) is 0.500. The molecule has 0 radical (unpaired) electrons. The van der Waals surface area contributed by atoms with E-state index in [4.69, 9.17) is 0 Å². The third-order valence-electron chi connectivity index (χ3n) is 2.88. The number of rotatable bonds is 3. The predicted molar refractivity (Wildman–Crippen MR) is 66.8 cm³/mol. The first-order chi connectivity index (χ1) is 9.13. The average molecular weight is 266 g/mol. The number of amides is 1. The van der Waals surface area contributed by atoms with E-state index < -0.39 is 11.0 Å². The number of hydrogen-bond donors (Lipinski definition) is 2. The molecule has 1 aliphatic rings. The van der Waals surface area contributed by atoms with Gasteiger partial charge in [-0.3, -0.25) is 14.9 Å². The average Bonchev–Trinajstić information content (AvgIpc) is 2.46. The highest BCUT2D eigenvalue weighted by Crippen LogP contribution is 2.15. The molecule has 9 heteroatoms. The van der Waals surface area contributed by atoms with Gasteiger partial charge in [-0.25, -0.2) is 9.97 Å². The zero-order valence-electron chi connectivity index (χ0n) is 10.4. The number of nitro groups is 1. The molecule has 2 heterocycles. The third kappa shape index (κ3) is 2.76. The standard InChI is InChI=1S/C10H14N6O3/c1-11-9(17)8-6-12-2-3-15(8)10-13-4-7(5-14-10)16(18)19/h4-5,8,12H,2-3,6H2,1H3,(H,11,17). The van der Waals surface area contributed by atoms with E-state index in [-0.39, 0.29) is 11.6 Å². The largest absolute Gasteiger partial charge is 0.357 e. The van der Waals surface area contributed by atoms with E-state index in [0.717, 1.165) is 12.4 Å². The summed E-state index contributed by atoms with van der Waals surface area (Å²) in [4.78, 5) is 31.4. The molecule has 1 unspecified atom stereocenters. The second-order valence-corrected chi connectivity index (χ2v) is 4.03. The van der Waals surface area contributed by atoms with Gasteiger partial charge in [0.1, 0.15) is 18.4 Å². The Balaban J connectivity index is 2.22. The van der Waals surface area contributed by atoms with Crippen LogP contribution in [0.5, 0.6) is 0 Å². The summed E-state index contributed by atoms with van der Waals surface area (Å²) in [6, 6.07) is -0.416. The molecule has 2 rings (SSSR count). The minimum atomic E-state index is -0.558. The third-order valence-corrected chi connectivity index (χ3v) is 2.88. The second-order valence-electron chi connectivity index (χ2n) is 4.03. The van der Waals surface area contributed by atoms with Crippen LogP contribution in [-0.2, 0) is 4.79 Å². The van der Waals surface area contributed by atoms with E-state index >= 15 is 0 Å². The molecule has 1 amide bonds. The van der Waals surface area contributed by atoms with E-state index in [2.05, 4.69) is 20.6 Å². The van der Waals surface area contributed by atoms with Crippen LogP contribution in [0.25, 0.3) is 0 Å². The highest BCUT2D eigenvalue weighted by atomic mass is 16.6. The molecular weight excluding hydrogens is 252 g/mol. The van der Waals surface area contributed by atoms with E-state index in [1.807, 2.05) is 0 Å². The first-order valence-corrected chi connectivity index (χ1v) is 5.79. The summed E-state index contributed by atoms with van der Waals surface area (Å²) >= 11 is 0. The molecule has 0 aliphatic carbocycles. The minimum Gasteiger partial charge on any atom is -0.357 e. The Bertz CT molecular complexity index is 477. The van der Waals surface area contributed by atoms with Crippen LogP contribution >= 0.6 is 0 Å². The summed E-state index contributed by atoms with van der Waals surface area (Å²) in [6.45, 7) is 1.75. The molecule has 2 N–H and O–H groups in total. The summed E-state index contributed by atoms with van der Waals surface area (Å²) in [6.07, 6.45) is 2.29. The molecule has 0 bridgehead atoms. The van der Waals surface area contributed by atoms with Crippen LogP contribution in [0.2, 0.25) is 0 Å². The molecule has 1 fully saturated rings. The SMILES string of the molecule is CNC(=O)C1CNCCN1c1ncc([N+](=O)[O-])cn1. The fourth-order valence-corrected chi connectivity index (χ4v) is 1.90. The number of carbonyl (C=O) groups excluding carboxylic acids is 1. The number of nitrogens with zero attached hydrogens (tertiary/aromatic N) is 4. The maximum absolute atomic E-state index is 11.8. The summed E-state index contributed by atoms with van der Waals surface area (Å²) in [7, 11) is 1.56. The van der Waals surface area contributed by atoms with Gasteiger partial charge in [-0.1, -0.05) is 0 Å². The number of hydrogen-bond acceptors (Lipinski definition) is 7. The minimum absolute atomic E-state index is 0.144. The lowest BCUT2D eigenvalue weighted by Crippen LogP contribution is -2.58. The van der Waals surface area contributed by atoms with Crippen LogP contribution in [0.15, 0.2) is 12.4 Å². The zero-order valence-corrected chi connectivity index (χ0v) is 10.4. The van der Waals surface area contributed by atoms with Gasteiger partial charge >= 0.3 is 5.69 Å². The zero-order chi connectivity index (χ0) is 13.8. The lowest BCUT2D eigenvalue weighted by molar-refractivity contribution is -0.385. The Labute approximate surface area is 109 Å². The summed E-state index contributed by atoms with van der Waals surface area (Å²) in [5.74, 6) is 0.176. The van der Waals surface area contributed by atoms with Crippen molar-refractivity contribution in [2.24, 2.45) is 0 Å². The van der Waals surface area contributed by atoms with Crippen molar-refractivity contribution in [2.75, 3.05) is 31.6 Å². The molecule has 19 heavy (non-hydrogen) atoms. The molecule has 1 aromatic rings. The van der Waals surface area contributed by atoms with Crippen molar-refractivity contribution in [3.8, 4) is 0 Å². The quantitative estimate of drug-likeness (QED) is 0.527. The van der Waals surface area contributed by atoms with Crippen molar-refractivity contribution < 1.29 is 9.72 Å². The molecular formula is C10H14N6O3. The van der Waals surface area contributed by atoms with E-state index in [1.165, 1.54) is 0 Å². The van der Waals surface area contributed by atoms with Crippen LogP contribution in [0, 0.1) is 10.1 Å². The fourth-order valence-electron chi connectivity index (χ4n) is 1.90. The summed E-state index contributed by atoms with van der Waals surface area (Å²) < 4.78 is 0. The number of anilines is 1. The highest BCUT2D eigenvalue weighted by Gasteiger charge is 2.29. The van der Waals surface area contributed by atoms with Gasteiger partial charge in [-0.2, -0.15) is 0 Å². The number of nitrogens with one attached hydrogen (secondary N) is 2. The maximum atomic E-state index is 11.8. The van der Waals surface area contributed by atoms with Crippen LogP contribution in [0.1, 0.15) is 0 Å². The van der Waals surface area contributed by atoms with Gasteiger partial charge in [-0.05, 0) is 0 Å². The van der Waals surface area contributed by atoms with Gasteiger partial charge < -0.3 is 15.5 Å². The smallest absolute Gasteiger partial charge is 0.305 e. The molecule has 0 aromatic carbocycles. The normalized spacial score (nSPS) is 19.0. The maximum Gasteiger partial charge on any atom is 0.305 e. The van der Waals surface area contributed by atoms with Crippen LogP contribution in [0.3, 0.4) is 0 Å². The Morgan fingerprint density at radius 3 is 2.84 bits per heavy atom. The van der Waals surface area contributed by atoms with Crippen molar-refractivity contribution in [3.63, 3.8) is 0 Å². The lowest BCUT2D eigenvalue weighted by atomic mass is 10.2. The Hall–Kier alpha value is -2.29. The molecule has 102 valence electrons. The number of aromatic nitrogens is 2. The monoisotopic (exact) mass is 266 g/mol. The molecule has 1 aromatic heterocycles. The van der Waals surface area contributed by atoms with Crippen molar-refractivity contribution in [1.82, 2.24) is 20.6 Å². The lowest BCUT2D eigenvalue weighted by Gasteiger charge is -2.34. The van der Waals surface area contributed by atoms with Crippen molar-refractivity contribution >= 4 is 17.5 Å². The van der Waals surface area contributed by atoms with Gasteiger partial charge in [0.25, 0.3) is 0 Å². The molecule has 1 aliphatic heterocycles. The van der Waals surface area contributed by atoms with Gasteiger partial charge in [0.15, 0.2) is 0 Å². The Morgan fingerprint density at radius 2 is 2.26 bits per heavy atom. The molecule has 9 nitrogen and oxygen atoms in total. The molecule has 0 saturated carbocycles. The number of likely N-dealkylation sites (N-methyl/N-ethyl adjacent to an activating group) is 1. The Morgan fingerprint density at radius 1 is 1.58 bits per heavy atom. The van der Waals surface area contributed by atoms with E-state index in [0.29, 0.717) is 25.6 Å². The van der Waals surface area contributed by atoms with Crippen molar-refractivity contribution in [2.45, 2.75) is 6.04 Å². The molecule has 0 spiro atoms. The summed E-state index contributed by atoms with van der Waals surface area (Å²) in [5, 5.41) is 16.2. The number of piperazine rings is 1. The van der Waals surface area contributed by atoms with E-state index in [9.17, 15) is 14.9 Å². The molecule has 1 atom stereocenters.